The number of nitrogens with zero attached hydrogens (tertiary/aromatic N) is 4. The highest BCUT2D eigenvalue weighted by Gasteiger charge is 2.21. The van der Waals surface area contributed by atoms with Gasteiger partial charge in [0.15, 0.2) is 5.69 Å². The van der Waals surface area contributed by atoms with Crippen LogP contribution >= 0.6 is 15.9 Å². The summed E-state index contributed by atoms with van der Waals surface area (Å²) in [5, 5.41) is 13.8. The van der Waals surface area contributed by atoms with Gasteiger partial charge in [-0.05, 0) is 28.8 Å². The number of carbonyl (C=O) groups is 2. The number of aromatic nitrogens is 4. The summed E-state index contributed by atoms with van der Waals surface area (Å²) in [6.45, 7) is 7.06. The summed E-state index contributed by atoms with van der Waals surface area (Å²) in [5.74, 6) is -0.351. The summed E-state index contributed by atoms with van der Waals surface area (Å²) in [6, 6.07) is 0. The Kier molecular flexibility index (Phi) is 5.76. The molecule has 0 saturated heterocycles. The van der Waals surface area contributed by atoms with E-state index in [4.69, 9.17) is 0 Å². The molecule has 0 aliphatic heterocycles. The normalized spacial score (nSPS) is 10.9. The lowest BCUT2D eigenvalue weighted by Gasteiger charge is -2.08. The van der Waals surface area contributed by atoms with Gasteiger partial charge < -0.3 is 10.6 Å². The molecule has 2 amide bonds. The van der Waals surface area contributed by atoms with Crippen molar-refractivity contribution in [3.8, 4) is 0 Å². The van der Waals surface area contributed by atoms with Crippen molar-refractivity contribution in [3.63, 3.8) is 0 Å². The van der Waals surface area contributed by atoms with E-state index >= 15 is 0 Å². The Hall–Kier alpha value is -2.16. The number of amides is 2. The highest BCUT2D eigenvalue weighted by Crippen LogP contribution is 2.19. The maximum absolute atomic E-state index is 12.5. The molecule has 2 aromatic rings. The molecule has 130 valence electrons. The van der Waals surface area contributed by atoms with E-state index in [-0.39, 0.29) is 17.5 Å². The van der Waals surface area contributed by atoms with Crippen LogP contribution in [-0.2, 0) is 13.6 Å². The minimum absolute atomic E-state index is 0.198. The second-order valence-electron chi connectivity index (χ2n) is 5.77. The highest BCUT2D eigenvalue weighted by molar-refractivity contribution is 9.10. The third-order valence-corrected chi connectivity index (χ3v) is 3.91. The molecular weight excluding hydrogens is 376 g/mol. The predicted octanol–water partition coefficient (Wildman–Crippen LogP) is 2.04. The minimum atomic E-state index is -0.365. The monoisotopic (exact) mass is 396 g/mol. The first-order valence-corrected chi connectivity index (χ1v) is 8.47. The molecule has 2 N–H and O–H groups in total. The number of halogens is 1. The van der Waals surface area contributed by atoms with Crippen LogP contribution in [0.5, 0.6) is 0 Å². The lowest BCUT2D eigenvalue weighted by molar-refractivity contribution is 0.0944. The first-order chi connectivity index (χ1) is 11.3. The molecule has 0 spiro atoms. The number of carbonyl (C=O) groups excluding carboxylic acids is 2. The van der Waals surface area contributed by atoms with E-state index in [1.54, 1.807) is 24.1 Å². The first-order valence-electron chi connectivity index (χ1n) is 7.68. The Bertz CT molecular complexity index is 730. The Morgan fingerprint density at radius 3 is 2.58 bits per heavy atom. The summed E-state index contributed by atoms with van der Waals surface area (Å²) >= 11 is 3.29. The van der Waals surface area contributed by atoms with Crippen LogP contribution in [0.3, 0.4) is 0 Å². The largest absolute Gasteiger partial charge is 0.350 e. The second-order valence-corrected chi connectivity index (χ2v) is 6.62. The smallest absolute Gasteiger partial charge is 0.275 e. The molecular formula is C15H21BrN6O2. The van der Waals surface area contributed by atoms with Crippen molar-refractivity contribution >= 4 is 33.4 Å². The molecule has 0 saturated carbocycles. The molecule has 0 unspecified atom stereocenters. The zero-order valence-electron chi connectivity index (χ0n) is 14.1. The first kappa shape index (κ1) is 18.2. The van der Waals surface area contributed by atoms with Crippen molar-refractivity contribution in [2.45, 2.75) is 27.3 Å². The zero-order valence-corrected chi connectivity index (χ0v) is 15.7. The van der Waals surface area contributed by atoms with Crippen LogP contribution in [-0.4, -0.2) is 37.9 Å². The quantitative estimate of drug-likeness (QED) is 0.780. The molecule has 0 aliphatic carbocycles. The van der Waals surface area contributed by atoms with E-state index in [0.29, 0.717) is 34.9 Å². The zero-order chi connectivity index (χ0) is 17.9. The lowest BCUT2D eigenvalue weighted by Crippen LogP contribution is -2.29. The van der Waals surface area contributed by atoms with Crippen molar-refractivity contribution in [1.82, 2.24) is 24.9 Å². The number of hydrogen-bond donors (Lipinski definition) is 2. The van der Waals surface area contributed by atoms with Crippen molar-refractivity contribution in [1.29, 1.82) is 0 Å². The van der Waals surface area contributed by atoms with Gasteiger partial charge in [-0.25, -0.2) is 0 Å². The van der Waals surface area contributed by atoms with Gasteiger partial charge in [0.05, 0.1) is 16.4 Å². The van der Waals surface area contributed by atoms with E-state index < -0.39 is 0 Å². The van der Waals surface area contributed by atoms with Crippen LogP contribution in [0.15, 0.2) is 16.9 Å². The maximum Gasteiger partial charge on any atom is 0.275 e. The van der Waals surface area contributed by atoms with Gasteiger partial charge in [0.25, 0.3) is 11.8 Å². The van der Waals surface area contributed by atoms with Gasteiger partial charge in [-0.1, -0.05) is 13.8 Å². The molecule has 2 aromatic heterocycles. The minimum Gasteiger partial charge on any atom is -0.350 e. The molecule has 0 atom stereocenters. The fourth-order valence-electron chi connectivity index (χ4n) is 2.07. The molecule has 9 heteroatoms. The van der Waals surface area contributed by atoms with E-state index in [1.165, 1.54) is 4.68 Å². The van der Waals surface area contributed by atoms with Gasteiger partial charge in [-0.15, -0.1) is 0 Å². The second kappa shape index (κ2) is 7.61. The number of hydrogen-bond acceptors (Lipinski definition) is 4. The third kappa shape index (κ3) is 4.02. The molecule has 0 radical (unpaired) electrons. The van der Waals surface area contributed by atoms with Crippen LogP contribution in [0.25, 0.3) is 0 Å². The number of aryl methyl sites for hydroxylation is 2. The van der Waals surface area contributed by atoms with E-state index in [2.05, 4.69) is 36.8 Å². The van der Waals surface area contributed by atoms with E-state index in [9.17, 15) is 9.59 Å². The number of anilines is 1. The van der Waals surface area contributed by atoms with Gasteiger partial charge in [-0.2, -0.15) is 10.2 Å². The highest BCUT2D eigenvalue weighted by atomic mass is 79.9. The van der Waals surface area contributed by atoms with Crippen LogP contribution in [0.2, 0.25) is 0 Å². The number of rotatable bonds is 6. The molecule has 0 aliphatic rings. The summed E-state index contributed by atoms with van der Waals surface area (Å²) in [7, 11) is 1.67. The lowest BCUT2D eigenvalue weighted by atomic mass is 10.2. The molecule has 8 nitrogen and oxygen atoms in total. The SMILES string of the molecule is CCn1cc(NC(=O)c2c(Br)cnn2C)c(C(=O)NCC(C)C)n1. The molecule has 24 heavy (non-hydrogen) atoms. The van der Waals surface area contributed by atoms with E-state index in [1.807, 2.05) is 20.8 Å². The molecule has 0 aromatic carbocycles. The van der Waals surface area contributed by atoms with Gasteiger partial charge in [0, 0.05) is 26.3 Å². The predicted molar refractivity (Wildman–Crippen MR) is 93.9 cm³/mol. The fraction of sp³-hybridized carbons (Fsp3) is 0.467. The summed E-state index contributed by atoms with van der Waals surface area (Å²) in [4.78, 5) is 24.8. The van der Waals surface area contributed by atoms with Crippen LogP contribution < -0.4 is 10.6 Å². The summed E-state index contributed by atoms with van der Waals surface area (Å²) in [6.07, 6.45) is 3.19. The molecule has 0 fully saturated rings. The topological polar surface area (TPSA) is 93.8 Å². The summed E-state index contributed by atoms with van der Waals surface area (Å²) in [5.41, 5.74) is 0.938. The summed E-state index contributed by atoms with van der Waals surface area (Å²) < 4.78 is 3.65. The molecule has 0 bridgehead atoms. The van der Waals surface area contributed by atoms with Gasteiger partial charge >= 0.3 is 0 Å². The van der Waals surface area contributed by atoms with Crippen LogP contribution in [0.4, 0.5) is 5.69 Å². The van der Waals surface area contributed by atoms with Gasteiger partial charge in [-0.3, -0.25) is 19.0 Å². The average molecular weight is 397 g/mol. The van der Waals surface area contributed by atoms with Crippen molar-refractivity contribution in [2.24, 2.45) is 13.0 Å². The van der Waals surface area contributed by atoms with Crippen molar-refractivity contribution < 1.29 is 9.59 Å². The molecule has 2 rings (SSSR count). The van der Waals surface area contributed by atoms with Crippen LogP contribution in [0, 0.1) is 5.92 Å². The number of nitrogens with one attached hydrogen (secondary N) is 2. The Morgan fingerprint density at radius 2 is 2.04 bits per heavy atom. The Balaban J connectivity index is 2.24. The van der Waals surface area contributed by atoms with Crippen molar-refractivity contribution in [3.05, 3.63) is 28.3 Å². The fourth-order valence-corrected chi connectivity index (χ4v) is 2.60. The third-order valence-electron chi connectivity index (χ3n) is 3.33. The van der Waals surface area contributed by atoms with E-state index in [0.717, 1.165) is 0 Å². The van der Waals surface area contributed by atoms with Crippen molar-refractivity contribution in [2.75, 3.05) is 11.9 Å². The van der Waals surface area contributed by atoms with Gasteiger partial charge in [0.1, 0.15) is 5.69 Å². The molecule has 2 heterocycles. The maximum atomic E-state index is 12.5. The Morgan fingerprint density at radius 1 is 1.33 bits per heavy atom. The van der Waals surface area contributed by atoms with Gasteiger partial charge in [0.2, 0.25) is 0 Å². The Labute approximate surface area is 148 Å². The van der Waals surface area contributed by atoms with Crippen LogP contribution in [0.1, 0.15) is 41.7 Å². The standard InChI is InChI=1S/C15H21BrN6O2/c1-5-22-8-11(12(20-22)14(23)17-6-9(2)3)19-15(24)13-10(16)7-18-21(13)4/h7-9H,5-6H2,1-4H3,(H,17,23)(H,19,24). The average Bonchev–Trinajstić information content (AvgIpc) is 3.08.